The summed E-state index contributed by atoms with van der Waals surface area (Å²) in [6.45, 7) is 4.17. The molecule has 1 aliphatic carbocycles. The molecule has 3 aromatic rings. The fraction of sp³-hybridized carbons (Fsp3) is 0.429. The highest BCUT2D eigenvalue weighted by molar-refractivity contribution is 6.30. The topological polar surface area (TPSA) is 30.7 Å². The van der Waals surface area contributed by atoms with Gasteiger partial charge in [0.05, 0.1) is 16.8 Å². The summed E-state index contributed by atoms with van der Waals surface area (Å²) in [4.78, 5) is 9.03. The maximum absolute atomic E-state index is 13.6. The van der Waals surface area contributed by atoms with Crippen LogP contribution < -0.4 is 0 Å². The zero-order valence-corrected chi connectivity index (χ0v) is 16.5. The third-order valence-corrected chi connectivity index (χ3v) is 5.69. The molecule has 2 heterocycles. The van der Waals surface area contributed by atoms with Gasteiger partial charge in [-0.25, -0.2) is 4.98 Å². The van der Waals surface area contributed by atoms with Crippen LogP contribution in [0.2, 0.25) is 5.02 Å². The third kappa shape index (κ3) is 3.28. The fourth-order valence-electron chi connectivity index (χ4n) is 4.05. The first-order valence-corrected chi connectivity index (χ1v) is 9.95. The van der Waals surface area contributed by atoms with Crippen molar-refractivity contribution in [3.63, 3.8) is 0 Å². The molecule has 0 aliphatic heterocycles. The number of hydrogen-bond acceptors (Lipinski definition) is 2. The minimum atomic E-state index is -4.53. The second-order valence-corrected chi connectivity index (χ2v) is 7.72. The lowest BCUT2D eigenvalue weighted by molar-refractivity contribution is -0.137. The first-order valence-electron chi connectivity index (χ1n) is 9.58. The molecule has 7 heteroatoms. The van der Waals surface area contributed by atoms with Gasteiger partial charge in [0.15, 0.2) is 0 Å². The van der Waals surface area contributed by atoms with Gasteiger partial charge in [-0.1, -0.05) is 31.5 Å². The number of alkyl halides is 3. The Morgan fingerprint density at radius 3 is 2.57 bits per heavy atom. The monoisotopic (exact) mass is 407 g/mol. The normalized spacial score (nSPS) is 15.9. The first-order chi connectivity index (χ1) is 13.3. The zero-order valence-electron chi connectivity index (χ0n) is 15.7. The Hall–Kier alpha value is -2.08. The third-order valence-electron chi connectivity index (χ3n) is 5.46. The maximum atomic E-state index is 13.6. The van der Waals surface area contributed by atoms with E-state index in [0.717, 1.165) is 23.8 Å². The zero-order chi connectivity index (χ0) is 20.1. The highest BCUT2D eigenvalue weighted by atomic mass is 35.5. The Morgan fingerprint density at radius 1 is 1.21 bits per heavy atom. The van der Waals surface area contributed by atoms with Crippen LogP contribution in [0.25, 0.3) is 22.3 Å². The van der Waals surface area contributed by atoms with E-state index in [2.05, 4.69) is 16.5 Å². The van der Waals surface area contributed by atoms with E-state index in [-0.39, 0.29) is 16.3 Å². The first kappa shape index (κ1) is 19.2. The lowest BCUT2D eigenvalue weighted by Crippen LogP contribution is -2.13. The summed E-state index contributed by atoms with van der Waals surface area (Å²) in [5.41, 5.74) is 0.839. The number of rotatable bonds is 5. The van der Waals surface area contributed by atoms with Gasteiger partial charge in [-0.2, -0.15) is 13.2 Å². The van der Waals surface area contributed by atoms with Crippen LogP contribution in [0.3, 0.4) is 0 Å². The minimum absolute atomic E-state index is 0.00859. The van der Waals surface area contributed by atoms with E-state index >= 15 is 0 Å². The average molecular weight is 408 g/mol. The van der Waals surface area contributed by atoms with Crippen LogP contribution in [-0.4, -0.2) is 14.5 Å². The minimum Gasteiger partial charge on any atom is -0.324 e. The van der Waals surface area contributed by atoms with E-state index in [4.69, 9.17) is 16.6 Å². The van der Waals surface area contributed by atoms with Crippen LogP contribution in [0.1, 0.15) is 50.5 Å². The lowest BCUT2D eigenvalue weighted by Gasteiger charge is -2.20. The van der Waals surface area contributed by atoms with Crippen molar-refractivity contribution in [2.75, 3.05) is 0 Å². The number of hydrogen-bond donors (Lipinski definition) is 0. The quantitative estimate of drug-likeness (QED) is 0.471. The number of benzene rings is 1. The number of aromatic nitrogens is 3. The Balaban J connectivity index is 1.97. The number of aryl methyl sites for hydroxylation is 1. The highest BCUT2D eigenvalue weighted by Gasteiger charge is 2.36. The molecule has 148 valence electrons. The molecule has 4 rings (SSSR count). The van der Waals surface area contributed by atoms with Crippen molar-refractivity contribution >= 4 is 22.6 Å². The van der Waals surface area contributed by atoms with Gasteiger partial charge in [0, 0.05) is 29.2 Å². The second-order valence-electron chi connectivity index (χ2n) is 7.28. The largest absolute Gasteiger partial charge is 0.417 e. The summed E-state index contributed by atoms with van der Waals surface area (Å²) in [7, 11) is 0. The molecule has 0 amide bonds. The van der Waals surface area contributed by atoms with Crippen LogP contribution >= 0.6 is 11.6 Å². The Morgan fingerprint density at radius 2 is 1.96 bits per heavy atom. The molecule has 1 unspecified atom stereocenters. The maximum Gasteiger partial charge on any atom is 0.417 e. The standard InChI is InChI=1S/C21H21ClF3N3/c1-3-16(12-5-6-12)28-17-9-10-26-19(20(17)27-18(28)4-2)14-8-7-13(22)11-15(14)21(23,24)25/h7-12,16H,3-6H2,1-2H3. The lowest BCUT2D eigenvalue weighted by atomic mass is 10.0. The summed E-state index contributed by atoms with van der Waals surface area (Å²) >= 11 is 5.84. The molecule has 0 N–H and O–H groups in total. The van der Waals surface area contributed by atoms with Crippen molar-refractivity contribution in [1.29, 1.82) is 0 Å². The predicted octanol–water partition coefficient (Wildman–Crippen LogP) is 6.69. The Labute approximate surface area is 166 Å². The van der Waals surface area contributed by atoms with Crippen molar-refractivity contribution in [3.05, 3.63) is 46.9 Å². The van der Waals surface area contributed by atoms with E-state index in [1.54, 1.807) is 6.20 Å². The van der Waals surface area contributed by atoms with Crippen LogP contribution in [0, 0.1) is 5.92 Å². The molecule has 28 heavy (non-hydrogen) atoms. The molecule has 1 atom stereocenters. The molecule has 2 aromatic heterocycles. The molecular weight excluding hydrogens is 387 g/mol. The Kier molecular flexibility index (Phi) is 4.86. The summed E-state index contributed by atoms with van der Waals surface area (Å²) < 4.78 is 43.2. The van der Waals surface area contributed by atoms with Crippen LogP contribution in [0.5, 0.6) is 0 Å². The number of nitrogens with zero attached hydrogens (tertiary/aromatic N) is 3. The van der Waals surface area contributed by atoms with Gasteiger partial charge in [0.25, 0.3) is 0 Å². The average Bonchev–Trinajstić information content (AvgIpc) is 3.42. The van der Waals surface area contributed by atoms with Gasteiger partial charge < -0.3 is 4.57 Å². The van der Waals surface area contributed by atoms with Crippen LogP contribution in [0.15, 0.2) is 30.5 Å². The van der Waals surface area contributed by atoms with Gasteiger partial charge in [0.1, 0.15) is 11.3 Å². The van der Waals surface area contributed by atoms with E-state index in [1.807, 2.05) is 13.0 Å². The van der Waals surface area contributed by atoms with Gasteiger partial charge in [-0.3, -0.25) is 4.98 Å². The van der Waals surface area contributed by atoms with E-state index < -0.39 is 11.7 Å². The molecular formula is C21H21ClF3N3. The van der Waals surface area contributed by atoms with Gasteiger partial charge in [-0.05, 0) is 43.4 Å². The van der Waals surface area contributed by atoms with Crippen molar-refractivity contribution in [2.45, 2.75) is 51.7 Å². The van der Waals surface area contributed by atoms with Gasteiger partial charge in [-0.15, -0.1) is 0 Å². The Bertz CT molecular complexity index is 1020. The summed E-state index contributed by atoms with van der Waals surface area (Å²) in [6.07, 6.45) is 1.10. The SMILES string of the molecule is CCc1nc2c(-c3ccc(Cl)cc3C(F)(F)F)nccc2n1C(CC)C1CC1. The number of imidazole rings is 1. The fourth-order valence-corrected chi connectivity index (χ4v) is 4.22. The van der Waals surface area contributed by atoms with E-state index in [1.165, 1.54) is 25.0 Å². The summed E-state index contributed by atoms with van der Waals surface area (Å²) in [6, 6.07) is 5.98. The molecule has 1 fully saturated rings. The van der Waals surface area contributed by atoms with Crippen molar-refractivity contribution < 1.29 is 13.2 Å². The van der Waals surface area contributed by atoms with Gasteiger partial charge >= 0.3 is 6.18 Å². The second kappa shape index (κ2) is 7.07. The molecule has 0 radical (unpaired) electrons. The highest BCUT2D eigenvalue weighted by Crippen LogP contribution is 2.45. The number of fused-ring (bicyclic) bond motifs is 1. The molecule has 0 saturated heterocycles. The number of halogens is 4. The van der Waals surface area contributed by atoms with Crippen molar-refractivity contribution in [1.82, 2.24) is 14.5 Å². The smallest absolute Gasteiger partial charge is 0.324 e. The molecule has 0 spiro atoms. The molecule has 0 bridgehead atoms. The van der Waals surface area contributed by atoms with Gasteiger partial charge in [0.2, 0.25) is 0 Å². The predicted molar refractivity (Wildman–Crippen MR) is 104 cm³/mol. The summed E-state index contributed by atoms with van der Waals surface area (Å²) in [5.74, 6) is 1.51. The molecule has 1 saturated carbocycles. The number of pyridine rings is 1. The van der Waals surface area contributed by atoms with Crippen molar-refractivity contribution in [2.24, 2.45) is 5.92 Å². The van der Waals surface area contributed by atoms with E-state index in [0.29, 0.717) is 23.9 Å². The summed E-state index contributed by atoms with van der Waals surface area (Å²) in [5, 5.41) is 0.0443. The van der Waals surface area contributed by atoms with Crippen LogP contribution in [0.4, 0.5) is 13.2 Å². The molecule has 1 aliphatic rings. The molecule has 3 nitrogen and oxygen atoms in total. The van der Waals surface area contributed by atoms with Crippen molar-refractivity contribution in [3.8, 4) is 11.3 Å². The van der Waals surface area contributed by atoms with E-state index in [9.17, 15) is 13.2 Å². The molecule has 1 aromatic carbocycles. The van der Waals surface area contributed by atoms with Crippen LogP contribution in [-0.2, 0) is 12.6 Å².